The number of methoxy groups -OCH3 is 2. The molecule has 0 aliphatic rings. The maximum absolute atomic E-state index is 13.2. The molecule has 0 aliphatic carbocycles. The van der Waals surface area contributed by atoms with Crippen LogP contribution in [0.5, 0.6) is 11.5 Å². The maximum Gasteiger partial charge on any atom is 0.272 e. The van der Waals surface area contributed by atoms with Crippen molar-refractivity contribution in [2.45, 2.75) is 4.90 Å². The van der Waals surface area contributed by atoms with Crippen LogP contribution >= 0.6 is 23.4 Å². The fourth-order valence-electron chi connectivity index (χ4n) is 3.76. The lowest BCUT2D eigenvalue weighted by molar-refractivity contribution is -0.114. The van der Waals surface area contributed by atoms with Crippen molar-refractivity contribution in [1.29, 1.82) is 0 Å². The van der Waals surface area contributed by atoms with Crippen LogP contribution in [0.4, 0.5) is 11.4 Å². The lowest BCUT2D eigenvalue weighted by Crippen LogP contribution is -2.30. The number of anilines is 2. The van der Waals surface area contributed by atoms with Crippen molar-refractivity contribution in [3.8, 4) is 11.5 Å². The molecule has 0 aromatic heterocycles. The standard InChI is InChI=1S/C32H28ClN3O5S/c1-40-24-14-17-27(29(19-24)41-2)35-30(37)20-42-25-15-12-23(13-16-25)34-32(39)28(18-22-10-6-7-11-26(22)33)36-31(38)21-8-4-3-5-9-21/h3-19H,20H2,1-2H3,(H,34,39)(H,35,37)(H,36,38)/b28-18-. The summed E-state index contributed by atoms with van der Waals surface area (Å²) in [5.74, 6) is 0.127. The number of thioether (sulfide) groups is 1. The van der Waals surface area contributed by atoms with Gasteiger partial charge in [0, 0.05) is 27.2 Å². The number of nitrogens with one attached hydrogen (secondary N) is 3. The second kappa shape index (κ2) is 14.8. The first kappa shape index (κ1) is 30.2. The molecule has 0 bridgehead atoms. The molecule has 0 spiro atoms. The van der Waals surface area contributed by atoms with Crippen molar-refractivity contribution in [1.82, 2.24) is 5.32 Å². The minimum Gasteiger partial charge on any atom is -0.497 e. The van der Waals surface area contributed by atoms with E-state index in [2.05, 4.69) is 16.0 Å². The van der Waals surface area contributed by atoms with E-state index in [0.717, 1.165) is 4.90 Å². The van der Waals surface area contributed by atoms with Gasteiger partial charge in [-0.05, 0) is 66.2 Å². The summed E-state index contributed by atoms with van der Waals surface area (Å²) in [7, 11) is 3.08. The second-order valence-electron chi connectivity index (χ2n) is 8.78. The Hall–Kier alpha value is -4.73. The number of carbonyl (C=O) groups excluding carboxylic acids is 3. The van der Waals surface area contributed by atoms with Gasteiger partial charge in [0.1, 0.15) is 17.2 Å². The second-order valence-corrected chi connectivity index (χ2v) is 10.2. The average Bonchev–Trinajstić information content (AvgIpc) is 3.02. The molecule has 8 nitrogen and oxygen atoms in total. The van der Waals surface area contributed by atoms with Crippen LogP contribution in [0.15, 0.2) is 108 Å². The SMILES string of the molecule is COc1ccc(NC(=O)CSc2ccc(NC(=O)/C(=C/c3ccccc3Cl)NC(=O)c3ccccc3)cc2)c(OC)c1. The van der Waals surface area contributed by atoms with Crippen LogP contribution in [0, 0.1) is 0 Å². The Morgan fingerprint density at radius 3 is 2.24 bits per heavy atom. The van der Waals surface area contributed by atoms with Crippen LogP contribution in [-0.2, 0) is 9.59 Å². The fourth-order valence-corrected chi connectivity index (χ4v) is 4.65. The lowest BCUT2D eigenvalue weighted by Gasteiger charge is -2.12. The summed E-state index contributed by atoms with van der Waals surface area (Å²) in [6, 6.07) is 27.8. The summed E-state index contributed by atoms with van der Waals surface area (Å²) >= 11 is 7.64. The molecular weight excluding hydrogens is 574 g/mol. The van der Waals surface area contributed by atoms with Crippen molar-refractivity contribution >= 4 is 58.5 Å². The highest BCUT2D eigenvalue weighted by molar-refractivity contribution is 8.00. The van der Waals surface area contributed by atoms with Crippen LogP contribution in [0.25, 0.3) is 6.08 Å². The van der Waals surface area contributed by atoms with Crippen LogP contribution in [0.3, 0.4) is 0 Å². The van der Waals surface area contributed by atoms with E-state index in [4.69, 9.17) is 21.1 Å². The van der Waals surface area contributed by atoms with E-state index >= 15 is 0 Å². The predicted molar refractivity (Wildman–Crippen MR) is 167 cm³/mol. The molecule has 4 rings (SSSR count). The third-order valence-corrected chi connectivity index (χ3v) is 7.25. The molecule has 10 heteroatoms. The molecule has 3 N–H and O–H groups in total. The van der Waals surface area contributed by atoms with Gasteiger partial charge < -0.3 is 25.4 Å². The Morgan fingerprint density at radius 1 is 0.833 bits per heavy atom. The highest BCUT2D eigenvalue weighted by Crippen LogP contribution is 2.29. The van der Waals surface area contributed by atoms with Crippen molar-refractivity contribution in [2.24, 2.45) is 0 Å². The van der Waals surface area contributed by atoms with Crippen molar-refractivity contribution in [3.63, 3.8) is 0 Å². The number of rotatable bonds is 11. The number of benzene rings is 4. The van der Waals surface area contributed by atoms with Crippen molar-refractivity contribution in [3.05, 3.63) is 119 Å². The zero-order valence-corrected chi connectivity index (χ0v) is 24.4. The molecule has 0 heterocycles. The van der Waals surface area contributed by atoms with Crippen LogP contribution in [0.1, 0.15) is 15.9 Å². The average molecular weight is 602 g/mol. The monoisotopic (exact) mass is 601 g/mol. The summed E-state index contributed by atoms with van der Waals surface area (Å²) in [5.41, 5.74) is 2.07. The number of carbonyl (C=O) groups is 3. The lowest BCUT2D eigenvalue weighted by atomic mass is 10.1. The molecule has 0 saturated carbocycles. The minimum absolute atomic E-state index is 0.0287. The van der Waals surface area contributed by atoms with Gasteiger partial charge in [0.15, 0.2) is 0 Å². The molecule has 0 aliphatic heterocycles. The van der Waals surface area contributed by atoms with Gasteiger partial charge >= 0.3 is 0 Å². The van der Waals surface area contributed by atoms with E-state index in [0.29, 0.717) is 39.0 Å². The molecular formula is C32H28ClN3O5S. The first-order valence-electron chi connectivity index (χ1n) is 12.7. The first-order chi connectivity index (χ1) is 20.4. The smallest absolute Gasteiger partial charge is 0.272 e. The normalized spacial score (nSPS) is 10.9. The molecule has 214 valence electrons. The van der Waals surface area contributed by atoms with Crippen molar-refractivity contribution in [2.75, 3.05) is 30.6 Å². The molecule has 4 aromatic rings. The van der Waals surface area contributed by atoms with Gasteiger partial charge in [0.25, 0.3) is 11.8 Å². The summed E-state index contributed by atoms with van der Waals surface area (Å²) in [6.45, 7) is 0. The van der Waals surface area contributed by atoms with Gasteiger partial charge in [-0.15, -0.1) is 11.8 Å². The highest BCUT2D eigenvalue weighted by Gasteiger charge is 2.16. The molecule has 0 radical (unpaired) electrons. The zero-order valence-electron chi connectivity index (χ0n) is 22.8. The Morgan fingerprint density at radius 2 is 1.55 bits per heavy atom. The molecule has 0 saturated heterocycles. The van der Waals surface area contributed by atoms with Gasteiger partial charge in [-0.1, -0.05) is 48.0 Å². The van der Waals surface area contributed by atoms with E-state index in [1.807, 2.05) is 0 Å². The summed E-state index contributed by atoms with van der Waals surface area (Å²) in [6.07, 6.45) is 1.53. The van der Waals surface area contributed by atoms with Crippen molar-refractivity contribution < 1.29 is 23.9 Å². The van der Waals surface area contributed by atoms with Gasteiger partial charge in [0.05, 0.1) is 25.7 Å². The van der Waals surface area contributed by atoms with E-state index in [-0.39, 0.29) is 17.4 Å². The van der Waals surface area contributed by atoms with Gasteiger partial charge in [-0.3, -0.25) is 14.4 Å². The number of halogens is 1. The van der Waals surface area contributed by atoms with E-state index in [1.54, 1.807) is 104 Å². The Kier molecular flexibility index (Phi) is 10.6. The third kappa shape index (κ3) is 8.39. The van der Waals surface area contributed by atoms with E-state index in [1.165, 1.54) is 24.9 Å². The molecule has 42 heavy (non-hydrogen) atoms. The minimum atomic E-state index is -0.521. The Labute approximate surface area is 253 Å². The number of amides is 3. The van der Waals surface area contributed by atoms with Crippen LogP contribution < -0.4 is 25.4 Å². The maximum atomic E-state index is 13.2. The quantitative estimate of drug-likeness (QED) is 0.134. The summed E-state index contributed by atoms with van der Waals surface area (Å²) < 4.78 is 10.5. The van der Waals surface area contributed by atoms with Gasteiger partial charge in [-0.2, -0.15) is 0 Å². The van der Waals surface area contributed by atoms with Gasteiger partial charge in [-0.25, -0.2) is 0 Å². The number of hydrogen-bond acceptors (Lipinski definition) is 6. The van der Waals surface area contributed by atoms with Gasteiger partial charge in [0.2, 0.25) is 5.91 Å². The van der Waals surface area contributed by atoms with Crippen LogP contribution in [-0.4, -0.2) is 37.7 Å². The highest BCUT2D eigenvalue weighted by atomic mass is 35.5. The third-order valence-electron chi connectivity index (χ3n) is 5.90. The summed E-state index contributed by atoms with van der Waals surface area (Å²) in [5, 5.41) is 8.78. The number of ether oxygens (including phenoxy) is 2. The molecule has 0 unspecified atom stereocenters. The van der Waals surface area contributed by atoms with E-state index < -0.39 is 11.8 Å². The topological polar surface area (TPSA) is 106 Å². The fraction of sp³-hybridized carbons (Fsp3) is 0.0938. The first-order valence-corrected chi connectivity index (χ1v) is 14.1. The molecule has 4 aromatic carbocycles. The summed E-state index contributed by atoms with van der Waals surface area (Å²) in [4.78, 5) is 39.4. The zero-order chi connectivity index (χ0) is 29.9. The van der Waals surface area contributed by atoms with E-state index in [9.17, 15) is 14.4 Å². The Balaban J connectivity index is 1.40. The van der Waals surface area contributed by atoms with Crippen LogP contribution in [0.2, 0.25) is 5.02 Å². The predicted octanol–water partition coefficient (Wildman–Crippen LogP) is 6.50. The largest absolute Gasteiger partial charge is 0.497 e. The molecule has 0 fully saturated rings. The number of hydrogen-bond donors (Lipinski definition) is 3. The molecule has 0 atom stereocenters. The molecule has 3 amide bonds. The Bertz CT molecular complexity index is 1590.